The van der Waals surface area contributed by atoms with Crippen LogP contribution in [0.15, 0.2) is 17.5 Å². The average Bonchev–Trinajstić information content (AvgIpc) is 3.17. The van der Waals surface area contributed by atoms with E-state index in [1.165, 1.54) is 96.3 Å². The zero-order chi connectivity index (χ0) is 19.4. The first kappa shape index (κ1) is 24.2. The number of rotatable bonds is 19. The van der Waals surface area contributed by atoms with Crippen molar-refractivity contribution in [3.05, 3.63) is 22.4 Å². The van der Waals surface area contributed by atoms with Gasteiger partial charge in [-0.1, -0.05) is 109 Å². The fourth-order valence-electron chi connectivity index (χ4n) is 3.44. The first-order valence-electron chi connectivity index (χ1n) is 11.5. The zero-order valence-electron chi connectivity index (χ0n) is 17.7. The van der Waals surface area contributed by atoms with Crippen LogP contribution >= 0.6 is 11.3 Å². The van der Waals surface area contributed by atoms with Crippen LogP contribution < -0.4 is 0 Å². The van der Waals surface area contributed by atoms with Crippen molar-refractivity contribution in [2.75, 3.05) is 6.61 Å². The van der Waals surface area contributed by atoms with Crippen LogP contribution in [-0.4, -0.2) is 12.6 Å². The number of unbranched alkanes of at least 4 members (excludes halogenated alkanes) is 15. The Bertz CT molecular complexity index is 428. The third kappa shape index (κ3) is 15.9. The van der Waals surface area contributed by atoms with Crippen molar-refractivity contribution < 1.29 is 9.53 Å². The molecule has 0 unspecified atom stereocenters. The summed E-state index contributed by atoms with van der Waals surface area (Å²) in [6.45, 7) is 2.87. The van der Waals surface area contributed by atoms with E-state index < -0.39 is 0 Å². The highest BCUT2D eigenvalue weighted by atomic mass is 32.1. The highest BCUT2D eigenvalue weighted by Crippen LogP contribution is 2.14. The number of esters is 1. The second-order valence-corrected chi connectivity index (χ2v) is 8.81. The van der Waals surface area contributed by atoms with E-state index in [4.69, 9.17) is 4.74 Å². The fourth-order valence-corrected chi connectivity index (χ4v) is 4.13. The highest BCUT2D eigenvalue weighted by Gasteiger charge is 2.05. The van der Waals surface area contributed by atoms with E-state index in [0.29, 0.717) is 13.0 Å². The van der Waals surface area contributed by atoms with E-state index >= 15 is 0 Å². The quantitative estimate of drug-likeness (QED) is 0.175. The molecule has 1 rings (SSSR count). The molecule has 1 heterocycles. The van der Waals surface area contributed by atoms with Gasteiger partial charge in [0, 0.05) is 4.88 Å². The molecule has 0 saturated heterocycles. The monoisotopic (exact) mass is 394 g/mol. The second kappa shape index (κ2) is 18.5. The summed E-state index contributed by atoms with van der Waals surface area (Å²) in [6.07, 6.45) is 22.3. The van der Waals surface area contributed by atoms with E-state index in [9.17, 15) is 4.79 Å². The normalized spacial score (nSPS) is 11.0. The Hall–Kier alpha value is -0.830. The molecule has 0 amide bonds. The lowest BCUT2D eigenvalue weighted by Gasteiger charge is -2.05. The van der Waals surface area contributed by atoms with E-state index in [-0.39, 0.29) is 5.97 Å². The molecule has 156 valence electrons. The van der Waals surface area contributed by atoms with Crippen molar-refractivity contribution in [1.82, 2.24) is 0 Å². The topological polar surface area (TPSA) is 26.3 Å². The average molecular weight is 395 g/mol. The summed E-state index contributed by atoms with van der Waals surface area (Å²) in [5, 5.41) is 2.00. The maximum Gasteiger partial charge on any atom is 0.311 e. The Morgan fingerprint density at radius 1 is 0.778 bits per heavy atom. The molecule has 0 fully saturated rings. The molecule has 1 aromatic heterocycles. The van der Waals surface area contributed by atoms with Gasteiger partial charge in [-0.05, 0) is 17.9 Å². The number of hydrogen-bond acceptors (Lipinski definition) is 3. The van der Waals surface area contributed by atoms with Gasteiger partial charge < -0.3 is 4.74 Å². The molecule has 27 heavy (non-hydrogen) atoms. The van der Waals surface area contributed by atoms with Crippen molar-refractivity contribution in [3.8, 4) is 0 Å². The van der Waals surface area contributed by atoms with E-state index in [1.54, 1.807) is 11.3 Å². The summed E-state index contributed by atoms with van der Waals surface area (Å²) < 4.78 is 5.30. The fraction of sp³-hybridized carbons (Fsp3) is 0.792. The first-order chi connectivity index (χ1) is 13.3. The van der Waals surface area contributed by atoms with Crippen LogP contribution in [0.1, 0.15) is 115 Å². The van der Waals surface area contributed by atoms with Crippen LogP contribution in [0.4, 0.5) is 0 Å². The van der Waals surface area contributed by atoms with Gasteiger partial charge in [-0.15, -0.1) is 11.3 Å². The molecule has 0 radical (unpaired) electrons. The maximum atomic E-state index is 11.7. The predicted molar refractivity (Wildman–Crippen MR) is 119 cm³/mol. The molecule has 3 heteroatoms. The minimum Gasteiger partial charge on any atom is -0.465 e. The summed E-state index contributed by atoms with van der Waals surface area (Å²) in [6, 6.07) is 3.96. The minimum atomic E-state index is -0.0848. The molecule has 0 aliphatic rings. The highest BCUT2D eigenvalue weighted by molar-refractivity contribution is 7.10. The number of carbonyl (C=O) groups excluding carboxylic acids is 1. The van der Waals surface area contributed by atoms with Crippen molar-refractivity contribution in [2.24, 2.45) is 0 Å². The van der Waals surface area contributed by atoms with Crippen molar-refractivity contribution in [3.63, 3.8) is 0 Å². The molecule has 0 bridgehead atoms. The standard InChI is InChI=1S/C24H42O2S/c1-2-3-4-5-6-7-8-9-10-11-12-13-14-15-16-17-20-26-24(25)22-23-19-18-21-27-23/h18-19,21H,2-17,20,22H2,1H3. The number of hydrogen-bond donors (Lipinski definition) is 0. The van der Waals surface area contributed by atoms with Gasteiger partial charge in [0.15, 0.2) is 0 Å². The lowest BCUT2D eigenvalue weighted by molar-refractivity contribution is -0.142. The minimum absolute atomic E-state index is 0.0848. The Balaban J connectivity index is 1.71. The van der Waals surface area contributed by atoms with Crippen molar-refractivity contribution in [1.29, 1.82) is 0 Å². The Morgan fingerprint density at radius 3 is 1.70 bits per heavy atom. The van der Waals surface area contributed by atoms with E-state index in [2.05, 4.69) is 6.92 Å². The summed E-state index contributed by atoms with van der Waals surface area (Å²) in [7, 11) is 0. The van der Waals surface area contributed by atoms with Crippen LogP contribution in [0.5, 0.6) is 0 Å². The Kier molecular flexibility index (Phi) is 16.6. The third-order valence-corrected chi connectivity index (χ3v) is 6.04. The molecule has 2 nitrogen and oxygen atoms in total. The van der Waals surface area contributed by atoms with Crippen LogP contribution in [-0.2, 0) is 16.0 Å². The second-order valence-electron chi connectivity index (χ2n) is 7.78. The molecular formula is C24H42O2S. The number of thiophene rings is 1. The van der Waals surface area contributed by atoms with Gasteiger partial charge >= 0.3 is 5.97 Å². The van der Waals surface area contributed by atoms with Crippen molar-refractivity contribution >= 4 is 17.3 Å². The Labute approximate surface area is 172 Å². The SMILES string of the molecule is CCCCCCCCCCCCCCCCCCOC(=O)Cc1cccs1. The molecule has 0 aliphatic heterocycles. The number of ether oxygens (including phenoxy) is 1. The predicted octanol–water partition coefficient (Wildman–Crippen LogP) is 8.10. The molecule has 1 aromatic rings. The summed E-state index contributed by atoms with van der Waals surface area (Å²) >= 11 is 1.62. The molecular weight excluding hydrogens is 352 g/mol. The third-order valence-electron chi connectivity index (χ3n) is 5.16. The summed E-state index contributed by atoms with van der Waals surface area (Å²) in [5.74, 6) is -0.0848. The largest absolute Gasteiger partial charge is 0.465 e. The van der Waals surface area contributed by atoms with E-state index in [0.717, 1.165) is 11.3 Å². The van der Waals surface area contributed by atoms with Gasteiger partial charge in [0.2, 0.25) is 0 Å². The molecule has 0 atom stereocenters. The summed E-state index contributed by atoms with van der Waals surface area (Å²) in [4.78, 5) is 12.7. The summed E-state index contributed by atoms with van der Waals surface area (Å²) in [5.41, 5.74) is 0. The molecule has 0 N–H and O–H groups in total. The van der Waals surface area contributed by atoms with Gasteiger partial charge in [0.25, 0.3) is 0 Å². The Morgan fingerprint density at radius 2 is 1.26 bits per heavy atom. The van der Waals surface area contributed by atoms with Crippen molar-refractivity contribution in [2.45, 2.75) is 116 Å². The van der Waals surface area contributed by atoms with Crippen LogP contribution in [0, 0.1) is 0 Å². The van der Waals surface area contributed by atoms with Gasteiger partial charge in [-0.25, -0.2) is 0 Å². The van der Waals surface area contributed by atoms with Gasteiger partial charge in [-0.3, -0.25) is 4.79 Å². The molecule has 0 spiro atoms. The lowest BCUT2D eigenvalue weighted by Crippen LogP contribution is -2.08. The zero-order valence-corrected chi connectivity index (χ0v) is 18.5. The van der Waals surface area contributed by atoms with Gasteiger partial charge in [0.05, 0.1) is 13.0 Å². The maximum absolute atomic E-state index is 11.7. The van der Waals surface area contributed by atoms with Crippen LogP contribution in [0.2, 0.25) is 0 Å². The first-order valence-corrected chi connectivity index (χ1v) is 12.4. The smallest absolute Gasteiger partial charge is 0.311 e. The molecule has 0 saturated carbocycles. The van der Waals surface area contributed by atoms with Crippen LogP contribution in [0.25, 0.3) is 0 Å². The molecule has 0 aliphatic carbocycles. The van der Waals surface area contributed by atoms with E-state index in [1.807, 2.05) is 17.5 Å². The van der Waals surface area contributed by atoms with Gasteiger partial charge in [0.1, 0.15) is 0 Å². The number of carbonyl (C=O) groups is 1. The van der Waals surface area contributed by atoms with Gasteiger partial charge in [-0.2, -0.15) is 0 Å². The van der Waals surface area contributed by atoms with Crippen LogP contribution in [0.3, 0.4) is 0 Å². The molecule has 0 aromatic carbocycles. The lowest BCUT2D eigenvalue weighted by atomic mass is 10.0.